The topological polar surface area (TPSA) is 63.2 Å². The van der Waals surface area contributed by atoms with Crippen molar-refractivity contribution in [3.8, 4) is 5.75 Å². The highest BCUT2D eigenvalue weighted by Crippen LogP contribution is 2.29. The highest BCUT2D eigenvalue weighted by Gasteiger charge is 2.24. The second kappa shape index (κ2) is 8.76. The van der Waals surface area contributed by atoms with Crippen molar-refractivity contribution in [2.75, 3.05) is 13.2 Å². The van der Waals surface area contributed by atoms with Crippen LogP contribution in [0.5, 0.6) is 5.75 Å². The molecule has 1 atom stereocenters. The summed E-state index contributed by atoms with van der Waals surface area (Å²) in [7, 11) is 0. The Labute approximate surface area is 179 Å². The standard InChI is InChI=1S/C25H33N3O2/c1-25(2,3)16-26-13-18-6-7-19-11-21(12-20(19)10-18)28-24(29)23-9-8-22(14-27-23)30-15-17-4-5-17/h6-10,14,17,21,26H,4-5,11-13,15-16H2,1-3H3,(H,28,29)/t21-/m1/s1. The average molecular weight is 408 g/mol. The van der Waals surface area contributed by atoms with Gasteiger partial charge in [-0.3, -0.25) is 4.79 Å². The van der Waals surface area contributed by atoms with E-state index in [4.69, 9.17) is 4.74 Å². The lowest BCUT2D eigenvalue weighted by Crippen LogP contribution is -2.35. The molecule has 0 spiro atoms. The SMILES string of the molecule is CC(C)(C)CNCc1ccc2c(c1)C[C@H](NC(=O)c1ccc(OCC3CC3)cn1)C2. The number of aromatic nitrogens is 1. The van der Waals surface area contributed by atoms with Gasteiger partial charge in [0.1, 0.15) is 11.4 Å². The van der Waals surface area contributed by atoms with Gasteiger partial charge in [-0.2, -0.15) is 0 Å². The summed E-state index contributed by atoms with van der Waals surface area (Å²) in [5.74, 6) is 1.32. The van der Waals surface area contributed by atoms with Gasteiger partial charge in [0.25, 0.3) is 5.91 Å². The summed E-state index contributed by atoms with van der Waals surface area (Å²) < 4.78 is 5.70. The summed E-state index contributed by atoms with van der Waals surface area (Å²) in [6.45, 7) is 9.32. The monoisotopic (exact) mass is 407 g/mol. The molecule has 5 nitrogen and oxygen atoms in total. The van der Waals surface area contributed by atoms with Crippen LogP contribution in [0.2, 0.25) is 0 Å². The molecule has 2 aliphatic carbocycles. The molecule has 2 aromatic rings. The second-order valence-corrected chi connectivity index (χ2v) is 9.98. The minimum absolute atomic E-state index is 0.117. The zero-order valence-electron chi connectivity index (χ0n) is 18.3. The van der Waals surface area contributed by atoms with Crippen molar-refractivity contribution < 1.29 is 9.53 Å². The van der Waals surface area contributed by atoms with E-state index in [-0.39, 0.29) is 17.4 Å². The number of nitrogens with zero attached hydrogens (tertiary/aromatic N) is 1. The summed E-state index contributed by atoms with van der Waals surface area (Å²) in [4.78, 5) is 16.9. The van der Waals surface area contributed by atoms with Crippen LogP contribution in [-0.2, 0) is 19.4 Å². The van der Waals surface area contributed by atoms with Crippen LogP contribution >= 0.6 is 0 Å². The Morgan fingerprint density at radius 2 is 1.93 bits per heavy atom. The third-order valence-corrected chi connectivity index (χ3v) is 5.67. The number of fused-ring (bicyclic) bond motifs is 1. The smallest absolute Gasteiger partial charge is 0.270 e. The molecule has 1 saturated carbocycles. The Morgan fingerprint density at radius 1 is 1.13 bits per heavy atom. The predicted molar refractivity (Wildman–Crippen MR) is 119 cm³/mol. The molecule has 5 heteroatoms. The number of nitrogens with one attached hydrogen (secondary N) is 2. The van der Waals surface area contributed by atoms with Crippen molar-refractivity contribution in [1.29, 1.82) is 0 Å². The maximum absolute atomic E-state index is 12.6. The van der Waals surface area contributed by atoms with Gasteiger partial charge >= 0.3 is 0 Å². The summed E-state index contributed by atoms with van der Waals surface area (Å²) in [6, 6.07) is 10.4. The largest absolute Gasteiger partial charge is 0.492 e. The summed E-state index contributed by atoms with van der Waals surface area (Å²) >= 11 is 0. The van der Waals surface area contributed by atoms with Gasteiger partial charge in [-0.1, -0.05) is 39.0 Å². The van der Waals surface area contributed by atoms with E-state index in [1.807, 2.05) is 6.07 Å². The molecule has 0 saturated heterocycles. The van der Waals surface area contributed by atoms with Crippen LogP contribution in [0.4, 0.5) is 0 Å². The lowest BCUT2D eigenvalue weighted by atomic mass is 9.97. The minimum atomic E-state index is -0.117. The molecule has 1 aromatic heterocycles. The fourth-order valence-corrected chi connectivity index (χ4v) is 3.82. The van der Waals surface area contributed by atoms with Crippen LogP contribution in [-0.4, -0.2) is 30.1 Å². The van der Waals surface area contributed by atoms with Crippen LogP contribution in [0.3, 0.4) is 0 Å². The first-order chi connectivity index (χ1) is 14.4. The number of pyridine rings is 1. The van der Waals surface area contributed by atoms with Crippen LogP contribution < -0.4 is 15.4 Å². The van der Waals surface area contributed by atoms with E-state index in [1.54, 1.807) is 12.3 Å². The number of hydrogen-bond donors (Lipinski definition) is 2. The molecule has 1 amide bonds. The molecule has 1 aromatic carbocycles. The van der Waals surface area contributed by atoms with Crippen molar-refractivity contribution in [3.05, 3.63) is 58.9 Å². The number of carbonyl (C=O) groups excluding carboxylic acids is 1. The number of ether oxygens (including phenoxy) is 1. The van der Waals surface area contributed by atoms with E-state index in [1.165, 1.54) is 29.5 Å². The van der Waals surface area contributed by atoms with E-state index in [9.17, 15) is 4.79 Å². The number of benzene rings is 1. The van der Waals surface area contributed by atoms with Gasteiger partial charge in [-0.15, -0.1) is 0 Å². The Kier molecular flexibility index (Phi) is 6.09. The Balaban J connectivity index is 1.28. The Morgan fingerprint density at radius 3 is 2.63 bits per heavy atom. The number of rotatable bonds is 8. The third kappa shape index (κ3) is 5.82. The zero-order chi connectivity index (χ0) is 21.1. The molecule has 30 heavy (non-hydrogen) atoms. The van der Waals surface area contributed by atoms with Crippen LogP contribution in [0.1, 0.15) is 60.8 Å². The van der Waals surface area contributed by atoms with Crippen molar-refractivity contribution in [1.82, 2.24) is 15.6 Å². The summed E-state index contributed by atoms with van der Waals surface area (Å²) in [6.07, 6.45) is 5.91. The van der Waals surface area contributed by atoms with E-state index in [2.05, 4.69) is 54.6 Å². The van der Waals surface area contributed by atoms with E-state index < -0.39 is 0 Å². The van der Waals surface area contributed by atoms with Gasteiger partial charge in [0.2, 0.25) is 0 Å². The molecular weight excluding hydrogens is 374 g/mol. The van der Waals surface area contributed by atoms with Gasteiger partial charge in [-0.05, 0) is 65.8 Å². The molecule has 4 rings (SSSR count). The number of carbonyl (C=O) groups is 1. The van der Waals surface area contributed by atoms with Crippen molar-refractivity contribution in [3.63, 3.8) is 0 Å². The van der Waals surface area contributed by atoms with E-state index >= 15 is 0 Å². The lowest BCUT2D eigenvalue weighted by Gasteiger charge is -2.19. The van der Waals surface area contributed by atoms with Gasteiger partial charge in [0.15, 0.2) is 0 Å². The highest BCUT2D eigenvalue weighted by molar-refractivity contribution is 5.92. The molecule has 0 aliphatic heterocycles. The highest BCUT2D eigenvalue weighted by atomic mass is 16.5. The Hall–Kier alpha value is -2.40. The van der Waals surface area contributed by atoms with Crippen molar-refractivity contribution >= 4 is 5.91 Å². The molecule has 2 aliphatic rings. The summed E-state index contributed by atoms with van der Waals surface area (Å²) in [5, 5.41) is 6.68. The predicted octanol–water partition coefficient (Wildman–Crippen LogP) is 3.90. The number of amides is 1. The summed E-state index contributed by atoms with van der Waals surface area (Å²) in [5.41, 5.74) is 4.69. The van der Waals surface area contributed by atoms with Crippen LogP contribution in [0.15, 0.2) is 36.5 Å². The molecule has 1 fully saturated rings. The maximum Gasteiger partial charge on any atom is 0.270 e. The maximum atomic E-state index is 12.6. The first kappa shape index (κ1) is 20.9. The van der Waals surface area contributed by atoms with Gasteiger partial charge in [0.05, 0.1) is 12.8 Å². The molecule has 0 radical (unpaired) electrons. The quantitative estimate of drug-likeness (QED) is 0.697. The first-order valence-corrected chi connectivity index (χ1v) is 11.1. The number of hydrogen-bond acceptors (Lipinski definition) is 4. The van der Waals surface area contributed by atoms with Crippen molar-refractivity contribution in [2.45, 2.75) is 59.0 Å². The normalized spacial score (nSPS) is 18.2. The fraction of sp³-hybridized carbons (Fsp3) is 0.520. The fourth-order valence-electron chi connectivity index (χ4n) is 3.82. The average Bonchev–Trinajstić information content (AvgIpc) is 3.44. The Bertz CT molecular complexity index is 882. The van der Waals surface area contributed by atoms with E-state index in [0.29, 0.717) is 11.6 Å². The van der Waals surface area contributed by atoms with E-state index in [0.717, 1.165) is 38.3 Å². The third-order valence-electron chi connectivity index (χ3n) is 5.67. The molecule has 0 unspecified atom stereocenters. The second-order valence-electron chi connectivity index (χ2n) is 9.98. The van der Waals surface area contributed by atoms with Gasteiger partial charge in [0, 0.05) is 19.1 Å². The van der Waals surface area contributed by atoms with Crippen molar-refractivity contribution in [2.24, 2.45) is 11.3 Å². The lowest BCUT2D eigenvalue weighted by molar-refractivity contribution is 0.0933. The molecule has 160 valence electrons. The van der Waals surface area contributed by atoms with Gasteiger partial charge < -0.3 is 15.4 Å². The molecule has 2 N–H and O–H groups in total. The zero-order valence-corrected chi connectivity index (χ0v) is 18.3. The minimum Gasteiger partial charge on any atom is -0.492 e. The molecule has 0 bridgehead atoms. The molecular formula is C25H33N3O2. The van der Waals surface area contributed by atoms with Crippen LogP contribution in [0.25, 0.3) is 0 Å². The van der Waals surface area contributed by atoms with Gasteiger partial charge in [-0.25, -0.2) is 4.98 Å². The first-order valence-electron chi connectivity index (χ1n) is 11.1. The van der Waals surface area contributed by atoms with Crippen LogP contribution in [0, 0.1) is 11.3 Å². The molecule has 1 heterocycles.